The third-order valence-corrected chi connectivity index (χ3v) is 16.6. The predicted octanol–water partition coefficient (Wildman–Crippen LogP) is 15.4. The molecule has 1 nitrogen and oxygen atoms in total. The van der Waals surface area contributed by atoms with Gasteiger partial charge in [0, 0.05) is 28.6 Å². The van der Waals surface area contributed by atoms with Crippen LogP contribution in [-0.4, -0.2) is 10.9 Å². The Balaban J connectivity index is 0.880. The Morgan fingerprint density at radius 2 is 1.45 bits per heavy atom. The molecule has 1 aliphatic heterocycles. The average molecular weight is 832 g/mol. The highest BCUT2D eigenvalue weighted by Crippen LogP contribution is 2.64. The maximum atomic E-state index is 2.72. The molecule has 0 bridgehead atoms. The van der Waals surface area contributed by atoms with E-state index in [0.717, 1.165) is 51.4 Å². The molecule has 3 aromatic rings. The second-order valence-electron chi connectivity index (χ2n) is 19.8. The molecule has 9 aliphatic rings. The van der Waals surface area contributed by atoms with Gasteiger partial charge in [-0.15, -0.1) is 0 Å². The van der Waals surface area contributed by atoms with Crippen LogP contribution in [0.2, 0.25) is 0 Å². The molecule has 0 N–H and O–H groups in total. The van der Waals surface area contributed by atoms with Crippen molar-refractivity contribution in [1.29, 1.82) is 0 Å². The fourth-order valence-corrected chi connectivity index (χ4v) is 13.7. The number of hydrogen-bond acceptors (Lipinski definition) is 1. The number of allylic oxidation sites excluding steroid dienone is 22. The van der Waals surface area contributed by atoms with Crippen LogP contribution in [0.4, 0.5) is 0 Å². The Morgan fingerprint density at radius 1 is 0.641 bits per heavy atom. The van der Waals surface area contributed by atoms with Crippen LogP contribution < -0.4 is 0 Å². The molecule has 0 spiro atoms. The van der Waals surface area contributed by atoms with E-state index in [4.69, 9.17) is 0 Å². The van der Waals surface area contributed by atoms with Crippen LogP contribution in [0.15, 0.2) is 240 Å². The molecule has 1 fully saturated rings. The SMILES string of the molecule is C1=CCC(c2ccc(C(CC3=CCC4C(=C3)C(c3ccccc3)(c3ccccc3)C3C=CCCC43)C3C=CC(C4=CC5=C(CC4)N(C4=CCCC=C4)C4C=CC=CC54)=CC3)cc2)C=C1. The van der Waals surface area contributed by atoms with E-state index in [2.05, 4.69) is 205 Å². The molecule has 0 radical (unpaired) electrons. The lowest BCUT2D eigenvalue weighted by molar-refractivity contribution is 0.301. The van der Waals surface area contributed by atoms with E-state index >= 15 is 0 Å². The Hall–Kier alpha value is -5.92. The molecule has 1 heterocycles. The fourth-order valence-electron chi connectivity index (χ4n) is 13.7. The molecule has 64 heavy (non-hydrogen) atoms. The molecule has 8 atom stereocenters. The standard InChI is InChI=1S/C63H61N/c1-5-17-45(18-6-1)46-30-34-48(35-31-46)57(49-36-32-47(33-37-49)50-38-40-62-58(43-50)56-26-14-16-28-61(56)64(62)53-23-11-4-12-24-53)41-44-29-39-55-54-25-13-15-27-59(54)63(60(55)42-44,51-19-7-2-8-20-51)52-21-9-3-10-22-52/h1-3,5-11,14-17,19-24,26-36,42-43,45,49,54-57,59,61H,4,12-13,18,25,37-41H2. The summed E-state index contributed by atoms with van der Waals surface area (Å²) in [7, 11) is 0. The molecule has 1 saturated carbocycles. The van der Waals surface area contributed by atoms with Crippen molar-refractivity contribution in [2.75, 3.05) is 0 Å². The van der Waals surface area contributed by atoms with Gasteiger partial charge in [-0.25, -0.2) is 0 Å². The van der Waals surface area contributed by atoms with Crippen LogP contribution in [0.25, 0.3) is 0 Å². The summed E-state index contributed by atoms with van der Waals surface area (Å²) in [5, 5.41) is 0. The monoisotopic (exact) mass is 831 g/mol. The lowest BCUT2D eigenvalue weighted by Crippen LogP contribution is -2.35. The second kappa shape index (κ2) is 16.9. The molecule has 0 aromatic heterocycles. The van der Waals surface area contributed by atoms with Crippen LogP contribution >= 0.6 is 0 Å². The molecule has 0 amide bonds. The van der Waals surface area contributed by atoms with Gasteiger partial charge in [-0.1, -0.05) is 205 Å². The first-order valence-corrected chi connectivity index (χ1v) is 24.7. The quantitative estimate of drug-likeness (QED) is 0.194. The number of fused-ring (bicyclic) bond motifs is 5. The first kappa shape index (κ1) is 39.7. The van der Waals surface area contributed by atoms with Gasteiger partial charge < -0.3 is 4.90 Å². The largest absolute Gasteiger partial charge is 0.337 e. The van der Waals surface area contributed by atoms with Crippen LogP contribution in [0.3, 0.4) is 0 Å². The van der Waals surface area contributed by atoms with Crippen molar-refractivity contribution in [1.82, 2.24) is 4.90 Å². The van der Waals surface area contributed by atoms with E-state index < -0.39 is 0 Å². The minimum atomic E-state index is -0.164. The third kappa shape index (κ3) is 6.81. The molecule has 0 saturated heterocycles. The maximum Gasteiger partial charge on any atom is 0.0626 e. The molecule has 3 aromatic carbocycles. The minimum Gasteiger partial charge on any atom is -0.337 e. The summed E-state index contributed by atoms with van der Waals surface area (Å²) >= 11 is 0. The van der Waals surface area contributed by atoms with Gasteiger partial charge in [-0.2, -0.15) is 0 Å². The summed E-state index contributed by atoms with van der Waals surface area (Å²) in [4.78, 5) is 2.67. The molecule has 8 unspecified atom stereocenters. The first-order chi connectivity index (χ1) is 31.7. The van der Waals surface area contributed by atoms with Crippen LogP contribution in [0.5, 0.6) is 0 Å². The number of hydrogen-bond donors (Lipinski definition) is 0. The topological polar surface area (TPSA) is 3.24 Å². The Labute approximate surface area is 382 Å². The van der Waals surface area contributed by atoms with Gasteiger partial charge in [0.25, 0.3) is 0 Å². The van der Waals surface area contributed by atoms with Crippen LogP contribution in [-0.2, 0) is 5.41 Å². The second-order valence-corrected chi connectivity index (χ2v) is 19.8. The van der Waals surface area contributed by atoms with Crippen molar-refractivity contribution in [3.8, 4) is 0 Å². The van der Waals surface area contributed by atoms with Gasteiger partial charge in [0.1, 0.15) is 0 Å². The van der Waals surface area contributed by atoms with Crippen molar-refractivity contribution < 1.29 is 0 Å². The zero-order valence-corrected chi connectivity index (χ0v) is 37.2. The lowest BCUT2D eigenvalue weighted by atomic mass is 9.62. The predicted molar refractivity (Wildman–Crippen MR) is 266 cm³/mol. The summed E-state index contributed by atoms with van der Waals surface area (Å²) in [6, 6.07) is 33.3. The van der Waals surface area contributed by atoms with Crippen molar-refractivity contribution >= 4 is 0 Å². The highest BCUT2D eigenvalue weighted by Gasteiger charge is 2.58. The smallest absolute Gasteiger partial charge is 0.0626 e. The summed E-state index contributed by atoms with van der Waals surface area (Å²) in [6.07, 6.45) is 57.7. The molecule has 8 aliphatic carbocycles. The Bertz CT molecular complexity index is 2650. The first-order valence-electron chi connectivity index (χ1n) is 24.7. The molecular formula is C63H61N. The zero-order chi connectivity index (χ0) is 42.5. The van der Waals surface area contributed by atoms with Gasteiger partial charge in [-0.05, 0) is 139 Å². The highest BCUT2D eigenvalue weighted by molar-refractivity contribution is 5.59. The number of benzene rings is 3. The maximum absolute atomic E-state index is 2.72. The molecule has 318 valence electrons. The van der Waals surface area contributed by atoms with E-state index in [0.29, 0.717) is 47.5 Å². The van der Waals surface area contributed by atoms with Gasteiger partial charge in [0.05, 0.1) is 6.04 Å². The zero-order valence-electron chi connectivity index (χ0n) is 37.2. The average Bonchev–Trinajstić information content (AvgIpc) is 3.87. The van der Waals surface area contributed by atoms with Crippen molar-refractivity contribution in [2.24, 2.45) is 29.6 Å². The Morgan fingerprint density at radius 3 is 2.20 bits per heavy atom. The Kier molecular flexibility index (Phi) is 10.5. The third-order valence-electron chi connectivity index (χ3n) is 16.6. The number of nitrogens with zero attached hydrogens (tertiary/aromatic N) is 1. The van der Waals surface area contributed by atoms with Gasteiger partial charge in [0.15, 0.2) is 0 Å². The van der Waals surface area contributed by atoms with E-state index in [1.165, 1.54) is 68.8 Å². The molecule has 1 heteroatoms. The van der Waals surface area contributed by atoms with Crippen molar-refractivity contribution in [3.05, 3.63) is 262 Å². The minimum absolute atomic E-state index is 0.164. The fraction of sp³-hybridized carbons (Fsp3) is 0.302. The van der Waals surface area contributed by atoms with Crippen molar-refractivity contribution in [2.45, 2.75) is 87.5 Å². The molecule has 12 rings (SSSR count). The molecular weight excluding hydrogens is 771 g/mol. The van der Waals surface area contributed by atoms with Crippen LogP contribution in [0.1, 0.15) is 98.3 Å². The summed E-state index contributed by atoms with van der Waals surface area (Å²) < 4.78 is 0. The highest BCUT2D eigenvalue weighted by atomic mass is 15.2. The number of rotatable bonds is 9. The van der Waals surface area contributed by atoms with E-state index in [9.17, 15) is 0 Å². The van der Waals surface area contributed by atoms with E-state index in [-0.39, 0.29) is 5.41 Å². The van der Waals surface area contributed by atoms with Crippen molar-refractivity contribution in [3.63, 3.8) is 0 Å². The van der Waals surface area contributed by atoms with Gasteiger partial charge in [-0.3, -0.25) is 0 Å². The summed E-state index contributed by atoms with van der Waals surface area (Å²) in [5.41, 5.74) is 16.2. The van der Waals surface area contributed by atoms with Gasteiger partial charge in [0.2, 0.25) is 0 Å². The van der Waals surface area contributed by atoms with Gasteiger partial charge >= 0.3 is 0 Å². The summed E-state index contributed by atoms with van der Waals surface area (Å²) in [6.45, 7) is 0. The summed E-state index contributed by atoms with van der Waals surface area (Å²) in [5.74, 6) is 3.35. The normalized spacial score (nSPS) is 29.8. The van der Waals surface area contributed by atoms with Crippen LogP contribution in [0, 0.1) is 29.6 Å². The van der Waals surface area contributed by atoms with E-state index in [1.807, 2.05) is 0 Å². The lowest BCUT2D eigenvalue weighted by Gasteiger charge is -2.40. The van der Waals surface area contributed by atoms with E-state index in [1.54, 1.807) is 5.57 Å².